The fourth-order valence-electron chi connectivity index (χ4n) is 0.539. The van der Waals surface area contributed by atoms with Crippen LogP contribution in [0.1, 0.15) is 13.8 Å². The summed E-state index contributed by atoms with van der Waals surface area (Å²) in [5.74, 6) is 0.526. The largest absolute Gasteiger partial charge is 0.355 e. The van der Waals surface area contributed by atoms with Gasteiger partial charge in [0.05, 0.1) is 6.17 Å². The van der Waals surface area contributed by atoms with Gasteiger partial charge in [0.15, 0.2) is 0 Å². The minimum Gasteiger partial charge on any atom is -0.355 e. The van der Waals surface area contributed by atoms with Gasteiger partial charge in [0.25, 0.3) is 0 Å². The van der Waals surface area contributed by atoms with Crippen LogP contribution in [0.4, 0.5) is 0 Å². The molecule has 0 radical (unpaired) electrons. The third-order valence-electron chi connectivity index (χ3n) is 1.40. The van der Waals surface area contributed by atoms with Crippen molar-refractivity contribution >= 4 is 12.1 Å². The second-order valence-electron chi connectivity index (χ2n) is 2.85. The fourth-order valence-corrected chi connectivity index (χ4v) is 0.539. The molecule has 0 aromatic rings. The number of rotatable bonds is 4. The lowest BCUT2D eigenvalue weighted by atomic mass is 10.1. The molecule has 0 aliphatic carbocycles. The van der Waals surface area contributed by atoms with Crippen LogP contribution in [-0.2, 0) is 0 Å². The van der Waals surface area contributed by atoms with Crippen molar-refractivity contribution in [3.05, 3.63) is 12.2 Å². The van der Waals surface area contributed by atoms with Crippen molar-refractivity contribution in [3.63, 3.8) is 0 Å². The van der Waals surface area contributed by atoms with Crippen molar-refractivity contribution in [2.75, 3.05) is 0 Å². The molecule has 0 heterocycles. The summed E-state index contributed by atoms with van der Waals surface area (Å²) in [6, 6.07) is 0. The number of nitrogens with two attached hydrogens (primary N) is 1. The van der Waals surface area contributed by atoms with Crippen LogP contribution in [0.2, 0.25) is 0 Å². The first kappa shape index (κ1) is 10.8. The van der Waals surface area contributed by atoms with Crippen LogP contribution in [0.25, 0.3) is 0 Å². The molecule has 1 unspecified atom stereocenters. The Balaban J connectivity index is 3.84. The molecule has 0 aliphatic heterocycles. The summed E-state index contributed by atoms with van der Waals surface area (Å²) in [6.07, 6.45) is 3.89. The summed E-state index contributed by atoms with van der Waals surface area (Å²) in [5.41, 5.74) is 5.65. The van der Waals surface area contributed by atoms with E-state index < -0.39 is 0 Å². The van der Waals surface area contributed by atoms with Crippen LogP contribution >= 0.6 is 0 Å². The number of allylic oxidation sites excluding steroid dienone is 1. The van der Waals surface area contributed by atoms with Crippen molar-refractivity contribution in [3.8, 4) is 0 Å². The zero-order valence-corrected chi connectivity index (χ0v) is 7.46. The van der Waals surface area contributed by atoms with E-state index in [9.17, 15) is 0 Å². The lowest BCUT2D eigenvalue weighted by Crippen LogP contribution is -2.44. The van der Waals surface area contributed by atoms with E-state index in [0.29, 0.717) is 5.92 Å². The first-order valence-corrected chi connectivity index (χ1v) is 3.85. The minimum absolute atomic E-state index is 0.201. The number of hydrogen-bond donors (Lipinski definition) is 4. The van der Waals surface area contributed by atoms with Gasteiger partial charge in [0, 0.05) is 6.21 Å². The van der Waals surface area contributed by atoms with Crippen molar-refractivity contribution in [1.29, 1.82) is 10.8 Å². The van der Waals surface area contributed by atoms with Gasteiger partial charge >= 0.3 is 0 Å². The molecule has 0 saturated carbocycles. The monoisotopic (exact) mass is 168 g/mol. The van der Waals surface area contributed by atoms with E-state index in [-0.39, 0.29) is 12.0 Å². The maximum absolute atomic E-state index is 7.33. The SMILES string of the molecule is CC(C)C(N)NC(=N)/C=C\C=N. The smallest absolute Gasteiger partial charge is 0.119 e. The highest BCUT2D eigenvalue weighted by Crippen LogP contribution is 1.93. The van der Waals surface area contributed by atoms with Gasteiger partial charge in [-0.1, -0.05) is 13.8 Å². The quantitative estimate of drug-likeness (QED) is 0.283. The Kier molecular flexibility index (Phi) is 4.96. The zero-order chi connectivity index (χ0) is 9.56. The molecule has 0 aromatic carbocycles. The summed E-state index contributed by atoms with van der Waals surface area (Å²) < 4.78 is 0. The summed E-state index contributed by atoms with van der Waals surface area (Å²) in [4.78, 5) is 0. The molecule has 0 rings (SSSR count). The molecule has 12 heavy (non-hydrogen) atoms. The lowest BCUT2D eigenvalue weighted by Gasteiger charge is -2.17. The highest BCUT2D eigenvalue weighted by atomic mass is 15.1. The predicted octanol–water partition coefficient (Wildman–Crippen LogP) is 0.700. The number of nitrogens with one attached hydrogen (secondary N) is 3. The Morgan fingerprint density at radius 1 is 1.50 bits per heavy atom. The molecule has 1 atom stereocenters. The molecule has 0 aliphatic rings. The van der Waals surface area contributed by atoms with Crippen LogP contribution in [-0.4, -0.2) is 18.2 Å². The molecule has 4 heteroatoms. The Hall–Kier alpha value is -1.16. The standard InChI is InChI=1S/C8H16N4/c1-6(2)8(11)12-7(10)4-3-5-9/h3-6,8-9H,11H2,1-2H3,(H2,10,12)/b4-3-,9-5?. The Morgan fingerprint density at radius 2 is 2.08 bits per heavy atom. The average molecular weight is 168 g/mol. The van der Waals surface area contributed by atoms with Crippen LogP contribution in [0, 0.1) is 16.7 Å². The molecule has 0 amide bonds. The molecule has 68 valence electrons. The van der Waals surface area contributed by atoms with Crippen LogP contribution in [0.3, 0.4) is 0 Å². The van der Waals surface area contributed by atoms with E-state index in [0.717, 1.165) is 6.21 Å². The van der Waals surface area contributed by atoms with E-state index in [4.69, 9.17) is 16.6 Å². The van der Waals surface area contributed by atoms with Crippen LogP contribution in [0.15, 0.2) is 12.2 Å². The summed E-state index contributed by atoms with van der Waals surface area (Å²) >= 11 is 0. The van der Waals surface area contributed by atoms with Crippen LogP contribution in [0.5, 0.6) is 0 Å². The van der Waals surface area contributed by atoms with E-state index in [2.05, 4.69) is 5.32 Å². The van der Waals surface area contributed by atoms with Gasteiger partial charge in [0.1, 0.15) is 5.84 Å². The van der Waals surface area contributed by atoms with Gasteiger partial charge in [-0.25, -0.2) is 0 Å². The molecular weight excluding hydrogens is 152 g/mol. The molecule has 4 nitrogen and oxygen atoms in total. The molecule has 0 fully saturated rings. The van der Waals surface area contributed by atoms with E-state index in [1.165, 1.54) is 12.2 Å². The third-order valence-corrected chi connectivity index (χ3v) is 1.40. The van der Waals surface area contributed by atoms with E-state index in [1.807, 2.05) is 13.8 Å². The first-order chi connectivity index (χ1) is 5.57. The maximum atomic E-state index is 7.33. The Bertz CT molecular complexity index is 183. The summed E-state index contributed by atoms with van der Waals surface area (Å²) in [7, 11) is 0. The highest BCUT2D eigenvalue weighted by molar-refractivity contribution is 5.93. The van der Waals surface area contributed by atoms with Gasteiger partial charge < -0.3 is 16.5 Å². The van der Waals surface area contributed by atoms with Gasteiger partial charge in [-0.15, -0.1) is 0 Å². The summed E-state index contributed by atoms with van der Waals surface area (Å²) in [5, 5.41) is 16.8. The highest BCUT2D eigenvalue weighted by Gasteiger charge is 2.06. The van der Waals surface area contributed by atoms with Gasteiger partial charge in [-0.3, -0.25) is 5.41 Å². The van der Waals surface area contributed by atoms with E-state index >= 15 is 0 Å². The fraction of sp³-hybridized carbons (Fsp3) is 0.500. The average Bonchev–Trinajstić information content (AvgIpc) is 2.00. The molecular formula is C8H16N4. The van der Waals surface area contributed by atoms with Crippen molar-refractivity contribution in [2.45, 2.75) is 20.0 Å². The van der Waals surface area contributed by atoms with Crippen molar-refractivity contribution in [2.24, 2.45) is 11.7 Å². The molecule has 0 aromatic heterocycles. The molecule has 0 spiro atoms. The van der Waals surface area contributed by atoms with Crippen LogP contribution < -0.4 is 11.1 Å². The molecule has 0 saturated heterocycles. The minimum atomic E-state index is -0.201. The molecule has 5 N–H and O–H groups in total. The van der Waals surface area contributed by atoms with E-state index in [1.54, 1.807) is 0 Å². The first-order valence-electron chi connectivity index (χ1n) is 3.85. The Labute approximate surface area is 72.9 Å². The summed E-state index contributed by atoms with van der Waals surface area (Å²) in [6.45, 7) is 3.95. The number of amidine groups is 1. The topological polar surface area (TPSA) is 85.8 Å². The van der Waals surface area contributed by atoms with Gasteiger partial charge in [-0.2, -0.15) is 0 Å². The second-order valence-corrected chi connectivity index (χ2v) is 2.85. The third kappa shape index (κ3) is 4.62. The predicted molar refractivity (Wildman–Crippen MR) is 51.6 cm³/mol. The number of hydrogen-bond acceptors (Lipinski definition) is 3. The zero-order valence-electron chi connectivity index (χ0n) is 7.46. The maximum Gasteiger partial charge on any atom is 0.119 e. The van der Waals surface area contributed by atoms with Gasteiger partial charge in [-0.05, 0) is 18.1 Å². The Morgan fingerprint density at radius 3 is 2.50 bits per heavy atom. The molecule has 0 bridgehead atoms. The lowest BCUT2D eigenvalue weighted by molar-refractivity contribution is 0.467. The van der Waals surface area contributed by atoms with Gasteiger partial charge in [0.2, 0.25) is 0 Å². The van der Waals surface area contributed by atoms with Crippen molar-refractivity contribution < 1.29 is 0 Å². The normalized spacial score (nSPS) is 13.3. The van der Waals surface area contributed by atoms with Crippen molar-refractivity contribution in [1.82, 2.24) is 5.32 Å². The second kappa shape index (κ2) is 5.49.